The zero-order valence-electron chi connectivity index (χ0n) is 13.6. The second-order valence-corrected chi connectivity index (χ2v) is 6.45. The number of carbonyl (C=O) groups excluding carboxylic acids is 1. The number of rotatable bonds is 4. The van der Waals surface area contributed by atoms with Gasteiger partial charge in [0.1, 0.15) is 5.75 Å². The molecule has 1 amide bonds. The number of hydrogen-bond acceptors (Lipinski definition) is 2. The van der Waals surface area contributed by atoms with Crippen LogP contribution in [0.25, 0.3) is 0 Å². The molecular weight excluding hydrogens is 274 g/mol. The van der Waals surface area contributed by atoms with E-state index in [0.717, 1.165) is 17.0 Å². The molecule has 2 rings (SSSR count). The van der Waals surface area contributed by atoms with Gasteiger partial charge in [0.05, 0.1) is 0 Å². The van der Waals surface area contributed by atoms with Crippen LogP contribution in [0, 0.1) is 6.92 Å². The van der Waals surface area contributed by atoms with Gasteiger partial charge in [-0.1, -0.05) is 56.7 Å². The fourth-order valence-corrected chi connectivity index (χ4v) is 2.22. The Morgan fingerprint density at radius 1 is 1.09 bits per heavy atom. The van der Waals surface area contributed by atoms with Crippen LogP contribution < -0.4 is 10.1 Å². The predicted molar refractivity (Wildman–Crippen MR) is 90.4 cm³/mol. The van der Waals surface area contributed by atoms with Crippen molar-refractivity contribution in [3.05, 3.63) is 59.7 Å². The van der Waals surface area contributed by atoms with Gasteiger partial charge in [0.25, 0.3) is 5.91 Å². The van der Waals surface area contributed by atoms with E-state index < -0.39 is 0 Å². The van der Waals surface area contributed by atoms with Crippen molar-refractivity contribution in [1.82, 2.24) is 0 Å². The molecule has 0 radical (unpaired) electrons. The number of amides is 1. The molecule has 0 saturated carbocycles. The summed E-state index contributed by atoms with van der Waals surface area (Å²) in [5.74, 6) is 0.605. The third-order valence-electron chi connectivity index (χ3n) is 3.36. The number of para-hydroxylation sites is 1. The quantitative estimate of drug-likeness (QED) is 0.913. The number of nitrogens with one attached hydrogen (secondary N) is 1. The highest BCUT2D eigenvalue weighted by Crippen LogP contribution is 2.32. The first-order chi connectivity index (χ1) is 10.4. The van der Waals surface area contributed by atoms with Crippen molar-refractivity contribution in [3.63, 3.8) is 0 Å². The summed E-state index contributed by atoms with van der Waals surface area (Å²) in [6.07, 6.45) is 0. The van der Waals surface area contributed by atoms with Gasteiger partial charge in [-0.05, 0) is 36.1 Å². The maximum atomic E-state index is 12.0. The van der Waals surface area contributed by atoms with Crippen molar-refractivity contribution in [2.75, 3.05) is 11.9 Å². The molecule has 0 saturated heterocycles. The minimum Gasteiger partial charge on any atom is -0.483 e. The molecule has 0 spiro atoms. The van der Waals surface area contributed by atoms with E-state index in [0.29, 0.717) is 0 Å². The van der Waals surface area contributed by atoms with Crippen molar-refractivity contribution in [3.8, 4) is 5.75 Å². The summed E-state index contributed by atoms with van der Waals surface area (Å²) in [5, 5.41) is 2.82. The van der Waals surface area contributed by atoms with Gasteiger partial charge in [-0.15, -0.1) is 0 Å². The largest absolute Gasteiger partial charge is 0.483 e. The molecule has 0 bridgehead atoms. The summed E-state index contributed by atoms with van der Waals surface area (Å²) in [4.78, 5) is 12.0. The number of anilines is 1. The van der Waals surface area contributed by atoms with Crippen molar-refractivity contribution in [1.29, 1.82) is 0 Å². The molecule has 1 N–H and O–H groups in total. The van der Waals surface area contributed by atoms with Gasteiger partial charge in [-0.2, -0.15) is 0 Å². The van der Waals surface area contributed by atoms with E-state index in [1.165, 1.54) is 5.56 Å². The topological polar surface area (TPSA) is 38.3 Å². The minimum absolute atomic E-state index is 0.00103. The molecule has 0 aromatic heterocycles. The van der Waals surface area contributed by atoms with Crippen molar-refractivity contribution in [2.24, 2.45) is 0 Å². The minimum atomic E-state index is -0.161. The van der Waals surface area contributed by atoms with Crippen LogP contribution in [0.2, 0.25) is 0 Å². The maximum absolute atomic E-state index is 12.0. The first kappa shape index (κ1) is 16.1. The summed E-state index contributed by atoms with van der Waals surface area (Å²) in [6, 6.07) is 15.4. The highest BCUT2D eigenvalue weighted by Gasteiger charge is 2.19. The summed E-state index contributed by atoms with van der Waals surface area (Å²) in [7, 11) is 0. The number of ether oxygens (including phenoxy) is 1. The average molecular weight is 297 g/mol. The normalized spacial score (nSPS) is 11.1. The van der Waals surface area contributed by atoms with E-state index in [4.69, 9.17) is 4.74 Å². The summed E-state index contributed by atoms with van der Waals surface area (Å²) in [5.41, 5.74) is 3.04. The predicted octanol–water partition coefficient (Wildman–Crippen LogP) is 4.31. The molecule has 0 atom stereocenters. The molecule has 2 aromatic rings. The highest BCUT2D eigenvalue weighted by molar-refractivity contribution is 5.91. The Bertz CT molecular complexity index is 642. The van der Waals surface area contributed by atoms with Crippen LogP contribution in [0.5, 0.6) is 5.75 Å². The number of hydrogen-bond donors (Lipinski definition) is 1. The molecule has 116 valence electrons. The van der Waals surface area contributed by atoms with Crippen LogP contribution in [0.4, 0.5) is 5.69 Å². The van der Waals surface area contributed by atoms with Crippen LogP contribution in [0.1, 0.15) is 31.9 Å². The van der Waals surface area contributed by atoms with Crippen molar-refractivity contribution in [2.45, 2.75) is 33.1 Å². The van der Waals surface area contributed by atoms with Gasteiger partial charge >= 0.3 is 0 Å². The molecule has 0 unspecified atom stereocenters. The van der Waals surface area contributed by atoms with E-state index in [9.17, 15) is 4.79 Å². The Kier molecular flexibility index (Phi) is 4.86. The monoisotopic (exact) mass is 297 g/mol. The van der Waals surface area contributed by atoms with E-state index in [1.807, 2.05) is 42.5 Å². The lowest BCUT2D eigenvalue weighted by atomic mass is 9.85. The molecule has 22 heavy (non-hydrogen) atoms. The molecule has 0 aliphatic rings. The Morgan fingerprint density at radius 2 is 1.77 bits per heavy atom. The third-order valence-corrected chi connectivity index (χ3v) is 3.36. The van der Waals surface area contributed by atoms with E-state index in [2.05, 4.69) is 39.1 Å². The number of benzene rings is 2. The second-order valence-electron chi connectivity index (χ2n) is 6.45. The molecule has 3 nitrogen and oxygen atoms in total. The number of carbonyl (C=O) groups is 1. The van der Waals surface area contributed by atoms with Crippen LogP contribution in [0.15, 0.2) is 48.5 Å². The van der Waals surface area contributed by atoms with Crippen LogP contribution in [0.3, 0.4) is 0 Å². The fourth-order valence-electron chi connectivity index (χ4n) is 2.22. The second kappa shape index (κ2) is 6.65. The van der Waals surface area contributed by atoms with Gasteiger partial charge in [0.15, 0.2) is 6.61 Å². The third kappa shape index (κ3) is 4.35. The number of aryl methyl sites for hydroxylation is 1. The Balaban J connectivity index is 2.04. The van der Waals surface area contributed by atoms with Crippen molar-refractivity contribution < 1.29 is 9.53 Å². The van der Waals surface area contributed by atoms with E-state index in [-0.39, 0.29) is 17.9 Å². The van der Waals surface area contributed by atoms with Gasteiger partial charge < -0.3 is 10.1 Å². The lowest BCUT2D eigenvalue weighted by molar-refractivity contribution is -0.118. The standard InChI is InChI=1S/C19H23NO2/c1-14-10-11-17(16(12-14)19(2,3)4)22-13-18(21)20-15-8-6-5-7-9-15/h5-12H,13H2,1-4H3,(H,20,21). The molecule has 0 aliphatic carbocycles. The fraction of sp³-hybridized carbons (Fsp3) is 0.316. The average Bonchev–Trinajstić information content (AvgIpc) is 2.46. The van der Waals surface area contributed by atoms with Gasteiger partial charge in [-0.25, -0.2) is 0 Å². The Morgan fingerprint density at radius 3 is 2.41 bits per heavy atom. The lowest BCUT2D eigenvalue weighted by Crippen LogP contribution is -2.22. The Labute approximate surface area is 132 Å². The van der Waals surface area contributed by atoms with Gasteiger partial charge in [0.2, 0.25) is 0 Å². The summed E-state index contributed by atoms with van der Waals surface area (Å²) < 4.78 is 5.74. The van der Waals surface area contributed by atoms with E-state index in [1.54, 1.807) is 0 Å². The van der Waals surface area contributed by atoms with E-state index >= 15 is 0 Å². The molecule has 2 aromatic carbocycles. The summed E-state index contributed by atoms with van der Waals surface area (Å²) in [6.45, 7) is 8.47. The first-order valence-corrected chi connectivity index (χ1v) is 7.45. The highest BCUT2D eigenvalue weighted by atomic mass is 16.5. The molecule has 3 heteroatoms. The van der Waals surface area contributed by atoms with Crippen LogP contribution >= 0.6 is 0 Å². The van der Waals surface area contributed by atoms with Gasteiger partial charge in [-0.3, -0.25) is 4.79 Å². The maximum Gasteiger partial charge on any atom is 0.262 e. The van der Waals surface area contributed by atoms with Crippen LogP contribution in [-0.4, -0.2) is 12.5 Å². The molecular formula is C19H23NO2. The van der Waals surface area contributed by atoms with Gasteiger partial charge in [0, 0.05) is 5.69 Å². The smallest absolute Gasteiger partial charge is 0.262 e. The van der Waals surface area contributed by atoms with Crippen LogP contribution in [-0.2, 0) is 10.2 Å². The Hall–Kier alpha value is -2.29. The first-order valence-electron chi connectivity index (χ1n) is 7.45. The zero-order chi connectivity index (χ0) is 16.2. The molecule has 0 aliphatic heterocycles. The van der Waals surface area contributed by atoms with Crippen molar-refractivity contribution >= 4 is 11.6 Å². The lowest BCUT2D eigenvalue weighted by Gasteiger charge is -2.23. The molecule has 0 heterocycles. The summed E-state index contributed by atoms with van der Waals surface area (Å²) >= 11 is 0. The zero-order valence-corrected chi connectivity index (χ0v) is 13.6. The molecule has 0 fully saturated rings. The SMILES string of the molecule is Cc1ccc(OCC(=O)Nc2ccccc2)c(C(C)(C)C)c1.